The molecule has 3 aromatic rings. The van der Waals surface area contributed by atoms with Crippen molar-refractivity contribution in [2.45, 2.75) is 109 Å². The molecule has 4 aliphatic rings. The third-order valence-corrected chi connectivity index (χ3v) is 10.8. The van der Waals surface area contributed by atoms with Crippen LogP contribution in [0.1, 0.15) is 94.4 Å². The number of rotatable bonds is 9. The molecule has 6 atom stereocenters. The number of likely N-dealkylation sites (tertiary alicyclic amines) is 2. The topological polar surface area (TPSA) is 157 Å². The first-order valence-electron chi connectivity index (χ1n) is 18.5. The van der Waals surface area contributed by atoms with Crippen molar-refractivity contribution < 1.29 is 48.1 Å². The standard InChI is InChI=1S/C42H46N2O10/c1-40(2,3)53-38(50)43-31-17-25(31)18-33(43)36(47)52-22-35(46)30-12-8-10-28-27(9-7-11-29(28)30)23-13-15-24(16-14-23)34(45)21-42(37(48)49)20-26-19-32(26)44(42)39(51)54-41(4,5)6/h7-16,25-26,31-33H,17-22H2,1-6H3,(H,48,49)/t25-,26-,31-,32-,33+,42-/m1/s1. The fraction of sp³-hybridized carbons (Fsp3) is 0.476. The number of esters is 1. The fourth-order valence-electron chi connectivity index (χ4n) is 8.22. The lowest BCUT2D eigenvalue weighted by atomic mass is 9.85. The Morgan fingerprint density at radius 2 is 1.37 bits per heavy atom. The number of benzene rings is 3. The molecular weight excluding hydrogens is 692 g/mol. The van der Waals surface area contributed by atoms with E-state index in [-0.39, 0.29) is 36.8 Å². The summed E-state index contributed by atoms with van der Waals surface area (Å²) in [6.07, 6.45) is 0.526. The number of hydrogen-bond acceptors (Lipinski definition) is 9. The first-order valence-corrected chi connectivity index (χ1v) is 18.5. The Labute approximate surface area is 313 Å². The molecule has 3 aromatic carbocycles. The maximum absolute atomic E-state index is 13.6. The van der Waals surface area contributed by atoms with E-state index in [4.69, 9.17) is 14.2 Å². The molecule has 0 aromatic heterocycles. The van der Waals surface area contributed by atoms with Crippen molar-refractivity contribution in [3.63, 3.8) is 0 Å². The summed E-state index contributed by atoms with van der Waals surface area (Å²) in [6, 6.07) is 16.5. The minimum absolute atomic E-state index is 0.0197. The van der Waals surface area contributed by atoms with Crippen LogP contribution in [-0.2, 0) is 23.8 Å². The first kappa shape index (κ1) is 37.1. The Balaban J connectivity index is 1.05. The number of carbonyl (C=O) groups excluding carboxylic acids is 5. The molecule has 284 valence electrons. The van der Waals surface area contributed by atoms with Gasteiger partial charge in [-0.05, 0) is 101 Å². The Hall–Kier alpha value is -5.26. The summed E-state index contributed by atoms with van der Waals surface area (Å²) in [5.74, 6) is -2.40. The molecule has 2 saturated heterocycles. The van der Waals surface area contributed by atoms with Gasteiger partial charge in [-0.25, -0.2) is 19.2 Å². The van der Waals surface area contributed by atoms with Gasteiger partial charge in [0.05, 0.1) is 0 Å². The van der Waals surface area contributed by atoms with Crippen molar-refractivity contribution in [3.05, 3.63) is 71.8 Å². The van der Waals surface area contributed by atoms with E-state index in [0.717, 1.165) is 22.9 Å². The molecule has 2 aliphatic carbocycles. The van der Waals surface area contributed by atoms with Crippen LogP contribution in [0.5, 0.6) is 0 Å². The van der Waals surface area contributed by atoms with Crippen LogP contribution < -0.4 is 0 Å². The Morgan fingerprint density at radius 3 is 2.04 bits per heavy atom. The summed E-state index contributed by atoms with van der Waals surface area (Å²) in [7, 11) is 0. The molecule has 0 unspecified atom stereocenters. The summed E-state index contributed by atoms with van der Waals surface area (Å²) >= 11 is 0. The van der Waals surface area contributed by atoms with E-state index in [1.54, 1.807) is 77.9 Å². The van der Waals surface area contributed by atoms with Crippen molar-refractivity contribution in [1.29, 1.82) is 0 Å². The highest BCUT2D eigenvalue weighted by molar-refractivity contribution is 6.12. The first-order chi connectivity index (χ1) is 25.4. The van der Waals surface area contributed by atoms with Crippen LogP contribution >= 0.6 is 0 Å². The van der Waals surface area contributed by atoms with E-state index in [1.807, 2.05) is 24.3 Å². The summed E-state index contributed by atoms with van der Waals surface area (Å²) in [4.78, 5) is 81.9. The van der Waals surface area contributed by atoms with Gasteiger partial charge in [-0.3, -0.25) is 19.4 Å². The maximum atomic E-state index is 13.6. The Bertz CT molecular complexity index is 2060. The third kappa shape index (κ3) is 7.05. The van der Waals surface area contributed by atoms with E-state index in [1.165, 1.54) is 9.80 Å². The molecule has 0 radical (unpaired) electrons. The van der Waals surface area contributed by atoms with Crippen LogP contribution in [0.2, 0.25) is 0 Å². The van der Waals surface area contributed by atoms with E-state index >= 15 is 0 Å². The number of fused-ring (bicyclic) bond motifs is 3. The van der Waals surface area contributed by atoms with Gasteiger partial charge in [0.2, 0.25) is 5.78 Å². The Morgan fingerprint density at radius 1 is 0.741 bits per heavy atom. The van der Waals surface area contributed by atoms with Crippen LogP contribution in [0.15, 0.2) is 60.7 Å². The molecule has 0 bridgehead atoms. The van der Waals surface area contributed by atoms with Crippen molar-refractivity contribution in [2.75, 3.05) is 6.61 Å². The molecule has 54 heavy (non-hydrogen) atoms. The van der Waals surface area contributed by atoms with Gasteiger partial charge in [-0.15, -0.1) is 0 Å². The van der Waals surface area contributed by atoms with Crippen LogP contribution in [0.3, 0.4) is 0 Å². The zero-order chi connectivity index (χ0) is 38.9. The minimum Gasteiger partial charge on any atom is -0.479 e. The highest BCUT2D eigenvalue weighted by Gasteiger charge is 2.66. The number of amides is 2. The largest absolute Gasteiger partial charge is 0.479 e. The lowest BCUT2D eigenvalue weighted by molar-refractivity contribution is -0.150. The molecule has 2 saturated carbocycles. The highest BCUT2D eigenvalue weighted by atomic mass is 16.6. The molecule has 1 N–H and O–H groups in total. The molecular formula is C42H46N2O10. The molecule has 4 fully saturated rings. The zero-order valence-corrected chi connectivity index (χ0v) is 31.4. The summed E-state index contributed by atoms with van der Waals surface area (Å²) in [5, 5.41) is 11.8. The molecule has 2 amide bonds. The average Bonchev–Trinajstić information content (AvgIpc) is 3.97. The van der Waals surface area contributed by atoms with Crippen molar-refractivity contribution >= 4 is 46.5 Å². The van der Waals surface area contributed by atoms with Gasteiger partial charge in [-0.1, -0.05) is 60.7 Å². The smallest absolute Gasteiger partial charge is 0.411 e. The van der Waals surface area contributed by atoms with Gasteiger partial charge in [-0.2, -0.15) is 0 Å². The van der Waals surface area contributed by atoms with Crippen molar-refractivity contribution in [1.82, 2.24) is 9.80 Å². The highest BCUT2D eigenvalue weighted by Crippen LogP contribution is 2.55. The number of piperidine rings is 2. The predicted octanol–water partition coefficient (Wildman–Crippen LogP) is 7.06. The van der Waals surface area contributed by atoms with Gasteiger partial charge in [0, 0.05) is 29.6 Å². The SMILES string of the molecule is CC(C)(C)OC(=O)N1[C@@H]2C[C@@H]2C[C@H]1C(=O)OCC(=O)c1cccc2c(-c3ccc(C(=O)C[C@@]4(C(=O)O)C[C@H]5C[C@H]5N4C(=O)OC(C)(C)C)cc3)cccc12. The lowest BCUT2D eigenvalue weighted by Gasteiger charge is -2.37. The number of Topliss-reactive ketones (excluding diaryl/α,β-unsaturated/α-hetero) is 2. The molecule has 7 rings (SSSR count). The van der Waals surface area contributed by atoms with Crippen LogP contribution in [0.4, 0.5) is 9.59 Å². The number of carbonyl (C=O) groups is 6. The van der Waals surface area contributed by atoms with Crippen LogP contribution in [-0.4, -0.2) is 92.1 Å². The summed E-state index contributed by atoms with van der Waals surface area (Å²) in [6.45, 7) is 9.96. The third-order valence-electron chi connectivity index (χ3n) is 10.8. The predicted molar refractivity (Wildman–Crippen MR) is 197 cm³/mol. The lowest BCUT2D eigenvalue weighted by Crippen LogP contribution is -2.57. The second kappa shape index (κ2) is 13.2. The number of ketones is 2. The van der Waals surface area contributed by atoms with E-state index in [0.29, 0.717) is 29.4 Å². The monoisotopic (exact) mass is 738 g/mol. The minimum atomic E-state index is -1.69. The zero-order valence-electron chi connectivity index (χ0n) is 31.4. The number of aliphatic carboxylic acids is 1. The van der Waals surface area contributed by atoms with Crippen LogP contribution in [0, 0.1) is 11.8 Å². The number of carboxylic acids is 1. The molecule has 2 heterocycles. The van der Waals surface area contributed by atoms with E-state index in [9.17, 15) is 33.9 Å². The maximum Gasteiger partial charge on any atom is 0.411 e. The van der Waals surface area contributed by atoms with Gasteiger partial charge in [0.15, 0.2) is 17.9 Å². The average molecular weight is 739 g/mol. The molecule has 12 heteroatoms. The van der Waals surface area contributed by atoms with Gasteiger partial charge < -0.3 is 19.3 Å². The number of ether oxygens (including phenoxy) is 3. The number of hydrogen-bond donors (Lipinski definition) is 1. The fourth-order valence-corrected chi connectivity index (χ4v) is 8.22. The summed E-state index contributed by atoms with van der Waals surface area (Å²) in [5.41, 5.74) is -0.977. The summed E-state index contributed by atoms with van der Waals surface area (Å²) < 4.78 is 16.6. The van der Waals surface area contributed by atoms with Gasteiger partial charge in [0.1, 0.15) is 17.2 Å². The van der Waals surface area contributed by atoms with Crippen molar-refractivity contribution in [3.8, 4) is 11.1 Å². The van der Waals surface area contributed by atoms with Gasteiger partial charge >= 0.3 is 24.1 Å². The number of carboxylic acid groups (broad SMARTS) is 1. The normalized spacial score (nSPS) is 25.4. The van der Waals surface area contributed by atoms with Crippen molar-refractivity contribution in [2.24, 2.45) is 11.8 Å². The Kier molecular flexibility index (Phi) is 9.09. The second-order valence-corrected chi connectivity index (χ2v) is 17.1. The number of nitrogens with zero attached hydrogens (tertiary/aromatic N) is 2. The van der Waals surface area contributed by atoms with Crippen LogP contribution in [0.25, 0.3) is 21.9 Å². The van der Waals surface area contributed by atoms with E-state index < -0.39 is 65.1 Å². The molecule has 2 aliphatic heterocycles. The molecule has 12 nitrogen and oxygen atoms in total. The van der Waals surface area contributed by atoms with E-state index in [2.05, 4.69) is 0 Å². The second-order valence-electron chi connectivity index (χ2n) is 17.1. The van der Waals surface area contributed by atoms with Gasteiger partial charge in [0.25, 0.3) is 0 Å². The quantitative estimate of drug-likeness (QED) is 0.137. The molecule has 0 spiro atoms.